The van der Waals surface area contributed by atoms with Gasteiger partial charge in [-0.15, -0.1) is 10.2 Å². The zero-order valence-corrected chi connectivity index (χ0v) is 18.3. The molecule has 0 bridgehead atoms. The lowest BCUT2D eigenvalue weighted by atomic mass is 10.1. The van der Waals surface area contributed by atoms with E-state index >= 15 is 0 Å². The second-order valence-electron chi connectivity index (χ2n) is 6.44. The van der Waals surface area contributed by atoms with Gasteiger partial charge in [0.15, 0.2) is 5.70 Å². The second kappa shape index (κ2) is 12.0. The summed E-state index contributed by atoms with van der Waals surface area (Å²) < 4.78 is 14.9. The van der Waals surface area contributed by atoms with Crippen LogP contribution in [-0.2, 0) is 14.3 Å². The number of nitrogens with two attached hydrogens (primary N) is 1. The Labute approximate surface area is 189 Å². The number of esters is 2. The van der Waals surface area contributed by atoms with Crippen molar-refractivity contribution in [1.82, 2.24) is 0 Å². The summed E-state index contributed by atoms with van der Waals surface area (Å²) in [5.41, 5.74) is 5.37. The summed E-state index contributed by atoms with van der Waals surface area (Å²) in [5.74, 6) is -2.24. The van der Waals surface area contributed by atoms with E-state index in [0.29, 0.717) is 11.4 Å². The third kappa shape index (κ3) is 6.61. The first-order valence-electron chi connectivity index (χ1n) is 9.67. The van der Waals surface area contributed by atoms with E-state index in [1.807, 2.05) is 0 Å². The molecule has 174 valence electrons. The lowest BCUT2D eigenvalue weighted by Crippen LogP contribution is -2.16. The smallest absolute Gasteiger partial charge is 0.340 e. The van der Waals surface area contributed by atoms with Crippen LogP contribution in [0.1, 0.15) is 27.6 Å². The molecule has 2 aromatic carbocycles. The fourth-order valence-electron chi connectivity index (χ4n) is 2.57. The van der Waals surface area contributed by atoms with Gasteiger partial charge in [0.25, 0.3) is 5.91 Å². The van der Waals surface area contributed by atoms with Gasteiger partial charge in [-0.2, -0.15) is 0 Å². The van der Waals surface area contributed by atoms with Gasteiger partial charge in [-0.05, 0) is 37.3 Å². The van der Waals surface area contributed by atoms with Crippen LogP contribution in [0.25, 0.3) is 0 Å². The molecule has 0 radical (unpaired) electrons. The largest absolute Gasteiger partial charge is 0.510 e. The number of carbonyl (C=O) groups excluding carboxylic acids is 3. The van der Waals surface area contributed by atoms with Gasteiger partial charge in [-0.3, -0.25) is 4.79 Å². The minimum Gasteiger partial charge on any atom is -0.510 e. The van der Waals surface area contributed by atoms with E-state index < -0.39 is 29.3 Å². The average Bonchev–Trinajstić information content (AvgIpc) is 2.82. The SMILES string of the molecule is COC(=O)c1ccc(C(=O)OC)c(N=NC(C(=O)Nc2ccccc2OCCN)=C(C)O)c1. The summed E-state index contributed by atoms with van der Waals surface area (Å²) in [6, 6.07) is 10.6. The predicted molar refractivity (Wildman–Crippen MR) is 119 cm³/mol. The normalized spacial score (nSPS) is 11.5. The molecule has 0 fully saturated rings. The van der Waals surface area contributed by atoms with Gasteiger partial charge in [0.05, 0.1) is 31.0 Å². The van der Waals surface area contributed by atoms with E-state index in [4.69, 9.17) is 15.2 Å². The van der Waals surface area contributed by atoms with Gasteiger partial charge in [-0.25, -0.2) is 9.59 Å². The monoisotopic (exact) mass is 456 g/mol. The summed E-state index contributed by atoms with van der Waals surface area (Å²) in [5, 5.41) is 20.3. The molecule has 0 aromatic heterocycles. The Morgan fingerprint density at radius 1 is 1.06 bits per heavy atom. The van der Waals surface area contributed by atoms with E-state index in [2.05, 4.69) is 20.3 Å². The molecule has 2 rings (SSSR count). The number of nitrogens with zero attached hydrogens (tertiary/aromatic N) is 2. The van der Waals surface area contributed by atoms with Crippen molar-refractivity contribution in [2.24, 2.45) is 16.0 Å². The number of rotatable bonds is 9. The quantitative estimate of drug-likeness (QED) is 0.224. The molecule has 0 aliphatic rings. The number of nitrogens with one attached hydrogen (secondary N) is 1. The summed E-state index contributed by atoms with van der Waals surface area (Å²) in [6.45, 7) is 1.77. The molecule has 33 heavy (non-hydrogen) atoms. The van der Waals surface area contributed by atoms with Crippen LogP contribution in [0.3, 0.4) is 0 Å². The molecular weight excluding hydrogens is 432 g/mol. The molecule has 1 amide bonds. The number of anilines is 1. The van der Waals surface area contributed by atoms with E-state index in [-0.39, 0.29) is 30.0 Å². The Balaban J connectivity index is 2.38. The molecule has 0 aliphatic heterocycles. The number of para-hydroxylation sites is 2. The van der Waals surface area contributed by atoms with Gasteiger partial charge >= 0.3 is 11.9 Å². The van der Waals surface area contributed by atoms with Crippen LogP contribution >= 0.6 is 0 Å². The van der Waals surface area contributed by atoms with Crippen molar-refractivity contribution >= 4 is 29.2 Å². The summed E-state index contributed by atoms with van der Waals surface area (Å²) in [7, 11) is 2.38. The molecule has 4 N–H and O–H groups in total. The Hall–Kier alpha value is -4.25. The molecule has 0 heterocycles. The van der Waals surface area contributed by atoms with Crippen LogP contribution in [0, 0.1) is 0 Å². The number of benzene rings is 2. The van der Waals surface area contributed by atoms with Crippen molar-refractivity contribution in [3.63, 3.8) is 0 Å². The molecule has 2 aromatic rings. The van der Waals surface area contributed by atoms with Gasteiger partial charge in [-0.1, -0.05) is 12.1 Å². The molecule has 0 saturated heterocycles. The van der Waals surface area contributed by atoms with E-state index in [1.165, 1.54) is 39.3 Å². The Kier molecular flexibility index (Phi) is 9.06. The maximum absolute atomic E-state index is 12.8. The number of carbonyl (C=O) groups is 3. The van der Waals surface area contributed by atoms with Crippen molar-refractivity contribution in [2.45, 2.75) is 6.92 Å². The van der Waals surface area contributed by atoms with Gasteiger partial charge in [0, 0.05) is 6.54 Å². The number of hydrogen-bond donors (Lipinski definition) is 3. The van der Waals surface area contributed by atoms with E-state index in [0.717, 1.165) is 0 Å². The van der Waals surface area contributed by atoms with Crippen LogP contribution in [0.4, 0.5) is 11.4 Å². The van der Waals surface area contributed by atoms with Crippen LogP contribution in [-0.4, -0.2) is 50.3 Å². The predicted octanol–water partition coefficient (Wildman–Crippen LogP) is 3.11. The molecule has 0 unspecified atom stereocenters. The Morgan fingerprint density at radius 3 is 2.39 bits per heavy atom. The van der Waals surface area contributed by atoms with Crippen LogP contribution in [0.15, 0.2) is 64.1 Å². The van der Waals surface area contributed by atoms with Crippen LogP contribution < -0.4 is 15.8 Å². The first kappa shape index (κ1) is 25.0. The second-order valence-corrected chi connectivity index (χ2v) is 6.44. The minimum atomic E-state index is -0.786. The third-order valence-corrected chi connectivity index (χ3v) is 4.15. The highest BCUT2D eigenvalue weighted by atomic mass is 16.5. The number of allylic oxidation sites excluding steroid dienone is 1. The molecule has 11 nitrogen and oxygen atoms in total. The number of aliphatic hydroxyl groups excluding tert-OH is 1. The van der Waals surface area contributed by atoms with Crippen molar-refractivity contribution < 1.29 is 33.7 Å². The van der Waals surface area contributed by atoms with Crippen molar-refractivity contribution in [3.05, 3.63) is 65.0 Å². The summed E-state index contributed by atoms with van der Waals surface area (Å²) in [4.78, 5) is 36.7. The maximum atomic E-state index is 12.8. The van der Waals surface area contributed by atoms with Crippen molar-refractivity contribution in [1.29, 1.82) is 0 Å². The summed E-state index contributed by atoms with van der Waals surface area (Å²) >= 11 is 0. The topological polar surface area (TPSA) is 162 Å². The van der Waals surface area contributed by atoms with Crippen molar-refractivity contribution in [2.75, 3.05) is 32.7 Å². The highest BCUT2D eigenvalue weighted by Crippen LogP contribution is 2.26. The maximum Gasteiger partial charge on any atom is 0.340 e. The van der Waals surface area contributed by atoms with Gasteiger partial charge in [0.2, 0.25) is 0 Å². The van der Waals surface area contributed by atoms with E-state index in [1.54, 1.807) is 24.3 Å². The molecule has 0 aliphatic carbocycles. The highest BCUT2D eigenvalue weighted by Gasteiger charge is 2.18. The standard InChI is InChI=1S/C22H24N4O7/c1-13(27)19(20(28)24-16-6-4-5-7-18(16)33-11-10-23)26-25-17-12-14(21(29)31-2)8-9-15(17)22(30)32-3/h4-9,12,27H,10-11,23H2,1-3H3,(H,24,28). The lowest BCUT2D eigenvalue weighted by Gasteiger charge is -2.12. The molecule has 0 spiro atoms. The Bertz CT molecular complexity index is 1090. The third-order valence-electron chi connectivity index (χ3n) is 4.15. The lowest BCUT2D eigenvalue weighted by molar-refractivity contribution is -0.113. The highest BCUT2D eigenvalue weighted by molar-refractivity contribution is 6.04. The number of azo groups is 1. The van der Waals surface area contributed by atoms with E-state index in [9.17, 15) is 19.5 Å². The number of hydrogen-bond acceptors (Lipinski definition) is 10. The van der Waals surface area contributed by atoms with Crippen LogP contribution in [0.2, 0.25) is 0 Å². The average molecular weight is 456 g/mol. The summed E-state index contributed by atoms with van der Waals surface area (Å²) in [6.07, 6.45) is 0. The molecule has 0 atom stereocenters. The van der Waals surface area contributed by atoms with Crippen molar-refractivity contribution in [3.8, 4) is 5.75 Å². The van der Waals surface area contributed by atoms with Gasteiger partial charge < -0.3 is 30.4 Å². The number of aliphatic hydroxyl groups is 1. The fraction of sp³-hybridized carbons (Fsp3) is 0.227. The molecule has 11 heteroatoms. The number of amides is 1. The first-order valence-corrected chi connectivity index (χ1v) is 9.67. The molecule has 0 saturated carbocycles. The Morgan fingerprint density at radius 2 is 1.76 bits per heavy atom. The minimum absolute atomic E-state index is 0.00946. The fourth-order valence-corrected chi connectivity index (χ4v) is 2.57. The zero-order chi connectivity index (χ0) is 24.4. The zero-order valence-electron chi connectivity index (χ0n) is 18.3. The van der Waals surface area contributed by atoms with Gasteiger partial charge in [0.1, 0.15) is 23.8 Å². The number of methoxy groups -OCH3 is 2. The first-order chi connectivity index (χ1) is 15.8. The number of ether oxygens (including phenoxy) is 3. The molecular formula is C22H24N4O7. The van der Waals surface area contributed by atoms with Crippen LogP contribution in [0.5, 0.6) is 5.75 Å².